The van der Waals surface area contributed by atoms with Crippen LogP contribution in [0.4, 0.5) is 0 Å². The Bertz CT molecular complexity index is 352. The molecule has 5 heteroatoms. The number of nitrogens with one attached hydrogen (secondary N) is 2. The second kappa shape index (κ2) is 9.82. The smallest absolute Gasteiger partial charge is 0.223 e. The van der Waals surface area contributed by atoms with Gasteiger partial charge in [0.25, 0.3) is 0 Å². The maximum Gasteiger partial charge on any atom is 0.223 e. The van der Waals surface area contributed by atoms with Crippen molar-refractivity contribution in [2.75, 3.05) is 6.61 Å². The number of carbonyl (C=O) groups excluding carboxylic acids is 2. The van der Waals surface area contributed by atoms with Gasteiger partial charge in [0.2, 0.25) is 11.8 Å². The van der Waals surface area contributed by atoms with Gasteiger partial charge < -0.3 is 15.7 Å². The molecule has 1 fully saturated rings. The molecule has 0 aromatic rings. The molecule has 0 aliphatic heterocycles. The fourth-order valence-electron chi connectivity index (χ4n) is 3.03. The van der Waals surface area contributed by atoms with Gasteiger partial charge >= 0.3 is 0 Å². The maximum atomic E-state index is 12.1. The van der Waals surface area contributed by atoms with Crippen molar-refractivity contribution < 1.29 is 14.7 Å². The van der Waals surface area contributed by atoms with E-state index < -0.39 is 0 Å². The highest BCUT2D eigenvalue weighted by Crippen LogP contribution is 2.23. The minimum absolute atomic E-state index is 0.0150. The first-order valence-corrected chi connectivity index (χ1v) is 8.64. The third kappa shape index (κ3) is 6.77. The number of amides is 2. The Hall–Kier alpha value is -1.10. The SMILES string of the molecule is CC(CC(=O)NC(CCO)C(C)C)NC(=O)C1CCCCC1. The highest BCUT2D eigenvalue weighted by molar-refractivity contribution is 5.81. The van der Waals surface area contributed by atoms with Crippen molar-refractivity contribution in [1.82, 2.24) is 10.6 Å². The van der Waals surface area contributed by atoms with Crippen LogP contribution in [-0.4, -0.2) is 35.6 Å². The lowest BCUT2D eigenvalue weighted by atomic mass is 9.88. The van der Waals surface area contributed by atoms with Gasteiger partial charge in [-0.1, -0.05) is 33.1 Å². The molecule has 0 saturated heterocycles. The molecule has 2 atom stereocenters. The van der Waals surface area contributed by atoms with Gasteiger partial charge in [0.1, 0.15) is 0 Å². The molecule has 1 rings (SSSR count). The summed E-state index contributed by atoms with van der Waals surface area (Å²) in [5, 5.41) is 15.0. The van der Waals surface area contributed by atoms with Crippen LogP contribution in [0.5, 0.6) is 0 Å². The van der Waals surface area contributed by atoms with Crippen molar-refractivity contribution in [3.05, 3.63) is 0 Å². The van der Waals surface area contributed by atoms with Crippen LogP contribution < -0.4 is 10.6 Å². The molecule has 2 unspecified atom stereocenters. The third-order valence-corrected chi connectivity index (χ3v) is 4.45. The Balaban J connectivity index is 2.34. The van der Waals surface area contributed by atoms with Crippen molar-refractivity contribution in [2.45, 2.75) is 77.8 Å². The molecule has 128 valence electrons. The summed E-state index contributed by atoms with van der Waals surface area (Å²) in [5.74, 6) is 0.430. The number of hydrogen-bond donors (Lipinski definition) is 3. The van der Waals surface area contributed by atoms with E-state index in [4.69, 9.17) is 5.11 Å². The number of hydrogen-bond acceptors (Lipinski definition) is 3. The summed E-state index contributed by atoms with van der Waals surface area (Å²) in [4.78, 5) is 24.2. The van der Waals surface area contributed by atoms with Crippen LogP contribution in [0, 0.1) is 11.8 Å². The van der Waals surface area contributed by atoms with E-state index in [9.17, 15) is 9.59 Å². The molecule has 0 aromatic carbocycles. The molecule has 1 aliphatic carbocycles. The minimum atomic E-state index is -0.156. The van der Waals surface area contributed by atoms with Crippen molar-refractivity contribution in [1.29, 1.82) is 0 Å². The molecule has 1 aliphatic rings. The first kappa shape index (κ1) is 18.9. The normalized spacial score (nSPS) is 18.8. The number of aliphatic hydroxyl groups is 1. The molecule has 22 heavy (non-hydrogen) atoms. The van der Waals surface area contributed by atoms with E-state index in [1.54, 1.807) is 0 Å². The number of rotatable bonds is 8. The van der Waals surface area contributed by atoms with Crippen molar-refractivity contribution >= 4 is 11.8 Å². The Labute approximate surface area is 134 Å². The molecule has 2 amide bonds. The first-order valence-electron chi connectivity index (χ1n) is 8.64. The second-order valence-electron chi connectivity index (χ2n) is 6.88. The summed E-state index contributed by atoms with van der Waals surface area (Å²) < 4.78 is 0. The molecule has 0 heterocycles. The van der Waals surface area contributed by atoms with E-state index in [0.717, 1.165) is 25.7 Å². The number of aliphatic hydroxyl groups excluding tert-OH is 1. The van der Waals surface area contributed by atoms with Gasteiger partial charge in [0.05, 0.1) is 0 Å². The molecule has 0 spiro atoms. The highest BCUT2D eigenvalue weighted by Gasteiger charge is 2.23. The van der Waals surface area contributed by atoms with Gasteiger partial charge in [-0.05, 0) is 32.1 Å². The van der Waals surface area contributed by atoms with Crippen molar-refractivity contribution in [3.63, 3.8) is 0 Å². The topological polar surface area (TPSA) is 78.4 Å². The van der Waals surface area contributed by atoms with Gasteiger partial charge in [-0.3, -0.25) is 9.59 Å². The van der Waals surface area contributed by atoms with Crippen LogP contribution in [0.3, 0.4) is 0 Å². The predicted octanol–water partition coefficient (Wildman–Crippen LogP) is 1.98. The molecule has 3 N–H and O–H groups in total. The van der Waals surface area contributed by atoms with E-state index in [1.807, 2.05) is 20.8 Å². The summed E-state index contributed by atoms with van der Waals surface area (Å²) in [7, 11) is 0. The monoisotopic (exact) mass is 312 g/mol. The van der Waals surface area contributed by atoms with Crippen LogP contribution >= 0.6 is 0 Å². The zero-order valence-corrected chi connectivity index (χ0v) is 14.2. The van der Waals surface area contributed by atoms with E-state index in [1.165, 1.54) is 6.42 Å². The van der Waals surface area contributed by atoms with E-state index >= 15 is 0 Å². The molecule has 0 bridgehead atoms. The Kier molecular flexibility index (Phi) is 8.46. The van der Waals surface area contributed by atoms with Gasteiger partial charge in [0, 0.05) is 31.0 Å². The quantitative estimate of drug-likeness (QED) is 0.641. The van der Waals surface area contributed by atoms with Crippen LogP contribution in [-0.2, 0) is 9.59 Å². The van der Waals surface area contributed by atoms with Gasteiger partial charge in [-0.15, -0.1) is 0 Å². The van der Waals surface area contributed by atoms with E-state index in [-0.39, 0.29) is 48.8 Å². The first-order chi connectivity index (χ1) is 10.4. The maximum absolute atomic E-state index is 12.1. The Morgan fingerprint density at radius 2 is 1.73 bits per heavy atom. The molecule has 1 saturated carbocycles. The third-order valence-electron chi connectivity index (χ3n) is 4.45. The van der Waals surface area contributed by atoms with Gasteiger partial charge in [-0.25, -0.2) is 0 Å². The Morgan fingerprint density at radius 3 is 2.27 bits per heavy atom. The summed E-state index contributed by atoms with van der Waals surface area (Å²) >= 11 is 0. The minimum Gasteiger partial charge on any atom is -0.396 e. The zero-order valence-electron chi connectivity index (χ0n) is 14.2. The lowest BCUT2D eigenvalue weighted by molar-refractivity contribution is -0.127. The van der Waals surface area contributed by atoms with Crippen LogP contribution in [0.15, 0.2) is 0 Å². The fraction of sp³-hybridized carbons (Fsp3) is 0.882. The second-order valence-corrected chi connectivity index (χ2v) is 6.88. The van der Waals surface area contributed by atoms with Crippen molar-refractivity contribution in [3.8, 4) is 0 Å². The Morgan fingerprint density at radius 1 is 1.09 bits per heavy atom. The average molecular weight is 312 g/mol. The van der Waals surface area contributed by atoms with Crippen LogP contribution in [0.25, 0.3) is 0 Å². The fourth-order valence-corrected chi connectivity index (χ4v) is 3.03. The highest BCUT2D eigenvalue weighted by atomic mass is 16.3. The molecule has 0 aromatic heterocycles. The zero-order chi connectivity index (χ0) is 16.5. The van der Waals surface area contributed by atoms with Gasteiger partial charge in [0.15, 0.2) is 0 Å². The van der Waals surface area contributed by atoms with Crippen LogP contribution in [0.1, 0.15) is 65.7 Å². The number of carbonyl (C=O) groups is 2. The summed E-state index contributed by atoms with van der Waals surface area (Å²) in [6, 6.07) is -0.171. The van der Waals surface area contributed by atoms with E-state index in [0.29, 0.717) is 6.42 Å². The van der Waals surface area contributed by atoms with Gasteiger partial charge in [-0.2, -0.15) is 0 Å². The average Bonchev–Trinajstić information content (AvgIpc) is 2.47. The summed E-state index contributed by atoms with van der Waals surface area (Å²) in [6.45, 7) is 5.98. The molecule has 5 nitrogen and oxygen atoms in total. The summed E-state index contributed by atoms with van der Waals surface area (Å²) in [6.07, 6.45) is 6.27. The molecular formula is C17H32N2O3. The van der Waals surface area contributed by atoms with E-state index in [2.05, 4.69) is 10.6 Å². The van der Waals surface area contributed by atoms with Crippen molar-refractivity contribution in [2.24, 2.45) is 11.8 Å². The lowest BCUT2D eigenvalue weighted by Crippen LogP contribution is -2.44. The molecular weight excluding hydrogens is 280 g/mol. The summed E-state index contributed by atoms with van der Waals surface area (Å²) in [5.41, 5.74) is 0. The van der Waals surface area contributed by atoms with Crippen LogP contribution in [0.2, 0.25) is 0 Å². The predicted molar refractivity (Wildman–Crippen MR) is 87.3 cm³/mol. The lowest BCUT2D eigenvalue weighted by Gasteiger charge is -2.25. The molecule has 0 radical (unpaired) electrons. The standard InChI is InChI=1S/C17H32N2O3/c1-12(2)15(9-10-20)19-16(21)11-13(3)18-17(22)14-7-5-4-6-8-14/h12-15,20H,4-11H2,1-3H3,(H,18,22)(H,19,21). The largest absolute Gasteiger partial charge is 0.396 e.